The maximum Gasteiger partial charge on any atom is 0.142 e. The second-order valence-electron chi connectivity index (χ2n) is 4.86. The van der Waals surface area contributed by atoms with Gasteiger partial charge in [0.05, 0.1) is 12.3 Å². The van der Waals surface area contributed by atoms with Crippen molar-refractivity contribution in [1.29, 1.82) is 0 Å². The van der Waals surface area contributed by atoms with Gasteiger partial charge in [0.25, 0.3) is 0 Å². The molecule has 1 heterocycles. The summed E-state index contributed by atoms with van der Waals surface area (Å²) in [5.41, 5.74) is 2.56. The lowest BCUT2D eigenvalue weighted by molar-refractivity contribution is 0.341. The molecule has 0 aromatic heterocycles. The van der Waals surface area contributed by atoms with Crippen LogP contribution < -0.4 is 10.1 Å². The van der Waals surface area contributed by atoms with Crippen molar-refractivity contribution in [3.05, 3.63) is 54.1 Å². The lowest BCUT2D eigenvalue weighted by Gasteiger charge is -2.16. The number of nitrogens with one attached hydrogen (secondary N) is 1. The fourth-order valence-electron chi connectivity index (χ4n) is 2.53. The van der Waals surface area contributed by atoms with Gasteiger partial charge >= 0.3 is 0 Å². The second kappa shape index (κ2) is 6.23. The van der Waals surface area contributed by atoms with E-state index in [0.29, 0.717) is 12.5 Å². The zero-order chi connectivity index (χ0) is 13.8. The molecule has 0 amide bonds. The second-order valence-corrected chi connectivity index (χ2v) is 5.92. The molecule has 104 valence electrons. The molecule has 0 fully saturated rings. The van der Waals surface area contributed by atoms with E-state index in [1.165, 1.54) is 10.5 Å². The highest BCUT2D eigenvalue weighted by molar-refractivity contribution is 7.99. The summed E-state index contributed by atoms with van der Waals surface area (Å²) >= 11 is 1.95. The largest absolute Gasteiger partial charge is 0.492 e. The zero-order valence-electron chi connectivity index (χ0n) is 11.6. The Morgan fingerprint density at radius 1 is 1.15 bits per heavy atom. The lowest BCUT2D eigenvalue weighted by atomic mass is 10.0. The zero-order valence-corrected chi connectivity index (χ0v) is 12.5. The van der Waals surface area contributed by atoms with Gasteiger partial charge in [0.1, 0.15) is 5.75 Å². The van der Waals surface area contributed by atoms with Crippen LogP contribution in [0, 0.1) is 0 Å². The van der Waals surface area contributed by atoms with Crippen LogP contribution in [-0.2, 0) is 0 Å². The van der Waals surface area contributed by atoms with Crippen LogP contribution in [0.4, 0.5) is 5.69 Å². The fraction of sp³-hybridized carbons (Fsp3) is 0.294. The number of hydrogen-bond donors (Lipinski definition) is 1. The monoisotopic (exact) mass is 285 g/mol. The molecule has 0 saturated heterocycles. The van der Waals surface area contributed by atoms with Gasteiger partial charge in [-0.3, -0.25) is 0 Å². The highest BCUT2D eigenvalue weighted by atomic mass is 32.2. The Hall–Kier alpha value is -1.61. The summed E-state index contributed by atoms with van der Waals surface area (Å²) in [6, 6.07) is 16.9. The maximum atomic E-state index is 5.65. The third-order valence-electron chi connectivity index (χ3n) is 3.52. The van der Waals surface area contributed by atoms with Crippen molar-refractivity contribution in [3.8, 4) is 5.75 Å². The van der Waals surface area contributed by atoms with Crippen LogP contribution in [0.5, 0.6) is 5.75 Å². The Kier molecular flexibility index (Phi) is 4.16. The molecule has 0 bridgehead atoms. The smallest absolute Gasteiger partial charge is 0.142 e. The minimum Gasteiger partial charge on any atom is -0.492 e. The predicted molar refractivity (Wildman–Crippen MR) is 86.0 cm³/mol. The SMILES string of the molecule is CCOc1ccccc1NCC1CSc2ccccc21. The summed E-state index contributed by atoms with van der Waals surface area (Å²) in [5, 5.41) is 3.54. The van der Waals surface area contributed by atoms with Crippen LogP contribution >= 0.6 is 11.8 Å². The summed E-state index contributed by atoms with van der Waals surface area (Å²) in [6.07, 6.45) is 0. The van der Waals surface area contributed by atoms with Gasteiger partial charge in [-0.25, -0.2) is 0 Å². The van der Waals surface area contributed by atoms with E-state index in [-0.39, 0.29) is 0 Å². The van der Waals surface area contributed by atoms with Crippen molar-refractivity contribution < 1.29 is 4.74 Å². The average Bonchev–Trinajstić information content (AvgIpc) is 2.90. The topological polar surface area (TPSA) is 21.3 Å². The highest BCUT2D eigenvalue weighted by Gasteiger charge is 2.22. The Bertz CT molecular complexity index is 585. The summed E-state index contributed by atoms with van der Waals surface area (Å²) < 4.78 is 5.65. The highest BCUT2D eigenvalue weighted by Crippen LogP contribution is 2.39. The molecular weight excluding hydrogens is 266 g/mol. The van der Waals surface area contributed by atoms with E-state index >= 15 is 0 Å². The van der Waals surface area contributed by atoms with E-state index < -0.39 is 0 Å². The Morgan fingerprint density at radius 3 is 2.85 bits per heavy atom. The van der Waals surface area contributed by atoms with E-state index in [0.717, 1.165) is 23.7 Å². The summed E-state index contributed by atoms with van der Waals surface area (Å²) in [5.74, 6) is 2.67. The molecule has 1 aliphatic rings. The number of ether oxygens (including phenoxy) is 1. The van der Waals surface area contributed by atoms with Gasteiger partial charge in [0, 0.05) is 23.1 Å². The Labute approximate surface area is 124 Å². The van der Waals surface area contributed by atoms with E-state index in [4.69, 9.17) is 4.74 Å². The number of rotatable bonds is 5. The van der Waals surface area contributed by atoms with E-state index in [1.807, 2.05) is 36.9 Å². The summed E-state index contributed by atoms with van der Waals surface area (Å²) in [6.45, 7) is 3.66. The van der Waals surface area contributed by atoms with Gasteiger partial charge in [-0.2, -0.15) is 0 Å². The quantitative estimate of drug-likeness (QED) is 0.880. The van der Waals surface area contributed by atoms with Crippen LogP contribution in [0.25, 0.3) is 0 Å². The van der Waals surface area contributed by atoms with Crippen LogP contribution in [0.1, 0.15) is 18.4 Å². The van der Waals surface area contributed by atoms with Crippen LogP contribution in [0.15, 0.2) is 53.4 Å². The number of benzene rings is 2. The molecule has 0 aliphatic carbocycles. The van der Waals surface area contributed by atoms with Gasteiger partial charge in [0.15, 0.2) is 0 Å². The van der Waals surface area contributed by atoms with E-state index in [9.17, 15) is 0 Å². The van der Waals surface area contributed by atoms with Crippen molar-refractivity contribution in [2.24, 2.45) is 0 Å². The first-order valence-corrected chi connectivity index (χ1v) is 8.04. The standard InChI is InChI=1S/C17H19NOS/c1-2-19-16-9-5-4-8-15(16)18-11-13-12-20-17-10-6-3-7-14(13)17/h3-10,13,18H,2,11-12H2,1H3. The predicted octanol–water partition coefficient (Wildman–Crippen LogP) is 4.39. The number of thioether (sulfide) groups is 1. The van der Waals surface area contributed by atoms with E-state index in [1.54, 1.807) is 0 Å². The molecular formula is C17H19NOS. The van der Waals surface area contributed by atoms with Crippen molar-refractivity contribution in [2.75, 3.05) is 24.2 Å². The number of para-hydroxylation sites is 2. The molecule has 3 rings (SSSR count). The molecule has 2 nitrogen and oxygen atoms in total. The maximum absolute atomic E-state index is 5.65. The van der Waals surface area contributed by atoms with Crippen molar-refractivity contribution in [1.82, 2.24) is 0 Å². The number of anilines is 1. The molecule has 1 atom stereocenters. The van der Waals surface area contributed by atoms with Crippen molar-refractivity contribution >= 4 is 17.4 Å². The van der Waals surface area contributed by atoms with Crippen molar-refractivity contribution in [2.45, 2.75) is 17.7 Å². The van der Waals surface area contributed by atoms with Crippen LogP contribution in [0.3, 0.4) is 0 Å². The first-order chi connectivity index (χ1) is 9.88. The van der Waals surface area contributed by atoms with E-state index in [2.05, 4.69) is 35.6 Å². The Morgan fingerprint density at radius 2 is 1.95 bits per heavy atom. The van der Waals surface area contributed by atoms with Gasteiger partial charge < -0.3 is 10.1 Å². The molecule has 1 unspecified atom stereocenters. The molecule has 1 N–H and O–H groups in total. The third-order valence-corrected chi connectivity index (χ3v) is 4.78. The average molecular weight is 285 g/mol. The summed E-state index contributed by atoms with van der Waals surface area (Å²) in [4.78, 5) is 1.43. The first-order valence-electron chi connectivity index (χ1n) is 7.06. The molecule has 2 aromatic rings. The molecule has 2 aromatic carbocycles. The molecule has 0 saturated carbocycles. The summed E-state index contributed by atoms with van der Waals surface area (Å²) in [7, 11) is 0. The van der Waals surface area contributed by atoms with Crippen LogP contribution in [-0.4, -0.2) is 18.9 Å². The van der Waals surface area contributed by atoms with Gasteiger partial charge in [-0.1, -0.05) is 30.3 Å². The van der Waals surface area contributed by atoms with Gasteiger partial charge in [0.2, 0.25) is 0 Å². The molecule has 1 aliphatic heterocycles. The lowest BCUT2D eigenvalue weighted by Crippen LogP contribution is -2.13. The number of hydrogen-bond acceptors (Lipinski definition) is 3. The molecule has 3 heteroatoms. The van der Waals surface area contributed by atoms with Crippen molar-refractivity contribution in [3.63, 3.8) is 0 Å². The van der Waals surface area contributed by atoms with Crippen LogP contribution in [0.2, 0.25) is 0 Å². The fourth-order valence-corrected chi connectivity index (χ4v) is 3.78. The minimum atomic E-state index is 0.575. The van der Waals surface area contributed by atoms with Gasteiger partial charge in [-0.05, 0) is 30.7 Å². The molecule has 20 heavy (non-hydrogen) atoms. The van der Waals surface area contributed by atoms with Gasteiger partial charge in [-0.15, -0.1) is 11.8 Å². The first kappa shape index (κ1) is 13.4. The third kappa shape index (κ3) is 2.78. The Balaban J connectivity index is 1.69. The molecule has 0 radical (unpaired) electrons. The minimum absolute atomic E-state index is 0.575. The normalized spacial score (nSPS) is 16.8. The number of fused-ring (bicyclic) bond motifs is 1. The molecule has 0 spiro atoms.